The van der Waals surface area contributed by atoms with Gasteiger partial charge < -0.3 is 14.2 Å². The first-order valence-electron chi connectivity index (χ1n) is 6.40. The van der Waals surface area contributed by atoms with E-state index in [1.807, 2.05) is 13.8 Å². The molecule has 7 nitrogen and oxygen atoms in total. The van der Waals surface area contributed by atoms with Crippen molar-refractivity contribution in [1.82, 2.24) is 9.55 Å². The van der Waals surface area contributed by atoms with Gasteiger partial charge in [0.2, 0.25) is 0 Å². The molecule has 2 fully saturated rings. The summed E-state index contributed by atoms with van der Waals surface area (Å²) in [6.45, 7) is 3.63. The average molecular weight is 429 g/mol. The summed E-state index contributed by atoms with van der Waals surface area (Å²) in [5.41, 5.74) is -1.21. The molecule has 2 saturated heterocycles. The van der Waals surface area contributed by atoms with Crippen molar-refractivity contribution in [3.8, 4) is 0 Å². The smallest absolute Gasteiger partial charge is 0.330 e. The first-order valence-corrected chi connectivity index (χ1v) is 8.31. The van der Waals surface area contributed by atoms with E-state index in [4.69, 9.17) is 25.8 Å². The Morgan fingerprint density at radius 2 is 2.05 bits per heavy atom. The lowest BCUT2D eigenvalue weighted by atomic mass is 10.1. The maximum absolute atomic E-state index is 12.0. The summed E-state index contributed by atoms with van der Waals surface area (Å²) in [4.78, 5) is 25.5. The molecular formula is C12H14ClIN2O5. The number of rotatable bonds is 2. The van der Waals surface area contributed by atoms with Crippen LogP contribution in [-0.4, -0.2) is 38.1 Å². The highest BCUT2D eigenvalue weighted by Crippen LogP contribution is 2.43. The zero-order chi connectivity index (χ0) is 15.4. The van der Waals surface area contributed by atoms with Crippen molar-refractivity contribution in [3.63, 3.8) is 0 Å². The SMILES string of the molecule is CC1(C)OC2[C@H](CI)O[C@H](n3cc(Cl)c(=O)[nH]c3=O)[C@@H]2O1. The monoisotopic (exact) mass is 428 g/mol. The molecule has 2 aliphatic rings. The van der Waals surface area contributed by atoms with Gasteiger partial charge in [0, 0.05) is 10.6 Å². The minimum absolute atomic E-state index is 0.0779. The lowest BCUT2D eigenvalue weighted by Crippen LogP contribution is -2.37. The highest BCUT2D eigenvalue weighted by Gasteiger charge is 2.55. The van der Waals surface area contributed by atoms with Crippen molar-refractivity contribution in [2.75, 3.05) is 4.43 Å². The maximum atomic E-state index is 12.0. The maximum Gasteiger partial charge on any atom is 0.330 e. The van der Waals surface area contributed by atoms with Crippen molar-refractivity contribution >= 4 is 34.2 Å². The van der Waals surface area contributed by atoms with Crippen LogP contribution in [0, 0.1) is 0 Å². The number of ether oxygens (including phenoxy) is 3. The number of nitrogens with zero attached hydrogens (tertiary/aromatic N) is 1. The number of H-pyrrole nitrogens is 1. The Morgan fingerprint density at radius 1 is 1.38 bits per heavy atom. The molecule has 3 rings (SSSR count). The van der Waals surface area contributed by atoms with Crippen LogP contribution in [-0.2, 0) is 14.2 Å². The largest absolute Gasteiger partial charge is 0.348 e. The van der Waals surface area contributed by atoms with E-state index in [-0.39, 0.29) is 17.2 Å². The molecule has 21 heavy (non-hydrogen) atoms. The summed E-state index contributed by atoms with van der Waals surface area (Å²) in [6, 6.07) is 0. The van der Waals surface area contributed by atoms with Gasteiger partial charge in [-0.05, 0) is 13.8 Å². The lowest BCUT2D eigenvalue weighted by molar-refractivity contribution is -0.194. The summed E-state index contributed by atoms with van der Waals surface area (Å²) in [6.07, 6.45) is -0.299. The van der Waals surface area contributed by atoms with E-state index in [1.165, 1.54) is 10.8 Å². The fourth-order valence-corrected chi connectivity index (χ4v) is 3.52. The van der Waals surface area contributed by atoms with Crippen LogP contribution in [0.3, 0.4) is 0 Å². The van der Waals surface area contributed by atoms with Gasteiger partial charge in [-0.3, -0.25) is 14.3 Å². The molecule has 3 heterocycles. The topological polar surface area (TPSA) is 82.5 Å². The van der Waals surface area contributed by atoms with Crippen LogP contribution < -0.4 is 11.2 Å². The Balaban J connectivity index is 2.01. The Bertz CT molecular complexity index is 672. The highest BCUT2D eigenvalue weighted by atomic mass is 127. The molecule has 4 atom stereocenters. The second-order valence-corrected chi connectivity index (χ2v) is 6.72. The van der Waals surface area contributed by atoms with E-state index in [0.29, 0.717) is 4.43 Å². The fraction of sp³-hybridized carbons (Fsp3) is 0.667. The van der Waals surface area contributed by atoms with Crippen LogP contribution in [0.4, 0.5) is 0 Å². The highest BCUT2D eigenvalue weighted by molar-refractivity contribution is 14.1. The molecular weight excluding hydrogens is 414 g/mol. The van der Waals surface area contributed by atoms with Gasteiger partial charge in [0.1, 0.15) is 17.2 Å². The number of fused-ring (bicyclic) bond motifs is 1. The van der Waals surface area contributed by atoms with Crippen LogP contribution in [0.2, 0.25) is 5.02 Å². The van der Waals surface area contributed by atoms with E-state index in [9.17, 15) is 9.59 Å². The third kappa shape index (κ3) is 2.67. The van der Waals surface area contributed by atoms with E-state index in [1.54, 1.807) is 0 Å². The van der Waals surface area contributed by atoms with Gasteiger partial charge in [-0.25, -0.2) is 4.79 Å². The molecule has 0 bridgehead atoms. The molecule has 1 unspecified atom stereocenters. The second-order valence-electron chi connectivity index (χ2n) is 5.43. The van der Waals surface area contributed by atoms with Crippen LogP contribution in [0.5, 0.6) is 0 Å². The fourth-order valence-electron chi connectivity index (χ4n) is 2.66. The third-order valence-corrected chi connectivity index (χ3v) is 4.61. The molecule has 0 saturated carbocycles. The van der Waals surface area contributed by atoms with Gasteiger partial charge in [-0.1, -0.05) is 34.2 Å². The molecule has 0 aliphatic carbocycles. The van der Waals surface area contributed by atoms with E-state index in [0.717, 1.165) is 0 Å². The summed E-state index contributed by atoms with van der Waals surface area (Å²) < 4.78 is 19.5. The van der Waals surface area contributed by atoms with Crippen molar-refractivity contribution in [2.24, 2.45) is 0 Å². The van der Waals surface area contributed by atoms with E-state index in [2.05, 4.69) is 27.6 Å². The van der Waals surface area contributed by atoms with Gasteiger partial charge in [0.25, 0.3) is 5.56 Å². The Labute approximate surface area is 138 Å². The number of alkyl halides is 1. The van der Waals surface area contributed by atoms with Crippen molar-refractivity contribution in [3.05, 3.63) is 32.1 Å². The zero-order valence-corrected chi connectivity index (χ0v) is 14.3. The van der Waals surface area contributed by atoms with Gasteiger partial charge in [0.05, 0.1) is 6.10 Å². The summed E-state index contributed by atoms with van der Waals surface area (Å²) in [5.74, 6) is -0.739. The molecule has 1 aromatic rings. The molecule has 1 N–H and O–H groups in total. The van der Waals surface area contributed by atoms with Crippen LogP contribution >= 0.6 is 34.2 Å². The van der Waals surface area contributed by atoms with Gasteiger partial charge in [0.15, 0.2) is 12.0 Å². The molecule has 2 aliphatic heterocycles. The molecule has 9 heteroatoms. The molecule has 0 radical (unpaired) electrons. The average Bonchev–Trinajstić information content (AvgIpc) is 2.87. The first-order chi connectivity index (χ1) is 9.82. The number of aromatic nitrogens is 2. The standard InChI is InChI=1S/C12H14ClIN2O5/c1-12(2)20-7-6(3-14)19-10(8(7)21-12)16-4-5(13)9(17)15-11(16)18/h4,6-8,10H,3H2,1-2H3,(H,15,17,18)/t6-,7?,8+,10-/m0/s1. The lowest BCUT2D eigenvalue weighted by Gasteiger charge is -2.24. The van der Waals surface area contributed by atoms with Gasteiger partial charge in [-0.15, -0.1) is 0 Å². The van der Waals surface area contributed by atoms with Crippen LogP contribution in [0.15, 0.2) is 15.8 Å². The number of halogens is 2. The predicted molar refractivity (Wildman–Crippen MR) is 83.0 cm³/mol. The van der Waals surface area contributed by atoms with Crippen molar-refractivity contribution in [1.29, 1.82) is 0 Å². The third-order valence-electron chi connectivity index (χ3n) is 3.48. The predicted octanol–water partition coefficient (Wildman–Crippen LogP) is 1.04. The number of aromatic amines is 1. The molecule has 0 amide bonds. The summed E-state index contributed by atoms with van der Waals surface area (Å²) in [7, 11) is 0. The van der Waals surface area contributed by atoms with Crippen molar-refractivity contribution in [2.45, 2.75) is 44.2 Å². The Kier molecular flexibility index (Phi) is 3.93. The number of hydrogen-bond acceptors (Lipinski definition) is 5. The van der Waals surface area contributed by atoms with E-state index < -0.39 is 29.4 Å². The number of hydrogen-bond donors (Lipinski definition) is 1. The zero-order valence-electron chi connectivity index (χ0n) is 11.3. The minimum Gasteiger partial charge on any atom is -0.348 e. The minimum atomic E-state index is -0.739. The Morgan fingerprint density at radius 3 is 2.71 bits per heavy atom. The second kappa shape index (κ2) is 5.34. The summed E-state index contributed by atoms with van der Waals surface area (Å²) in [5, 5.41) is -0.0779. The number of nitrogens with one attached hydrogen (secondary N) is 1. The molecule has 0 aromatic carbocycles. The van der Waals surface area contributed by atoms with E-state index >= 15 is 0 Å². The quantitative estimate of drug-likeness (QED) is 0.562. The van der Waals surface area contributed by atoms with Gasteiger partial charge in [-0.2, -0.15) is 0 Å². The normalized spacial score (nSPS) is 34.1. The molecule has 0 spiro atoms. The first kappa shape index (κ1) is 15.5. The van der Waals surface area contributed by atoms with Crippen LogP contribution in [0.1, 0.15) is 20.1 Å². The van der Waals surface area contributed by atoms with Crippen LogP contribution in [0.25, 0.3) is 0 Å². The van der Waals surface area contributed by atoms with Crippen molar-refractivity contribution < 1.29 is 14.2 Å². The molecule has 116 valence electrons. The van der Waals surface area contributed by atoms with Gasteiger partial charge >= 0.3 is 5.69 Å². The molecule has 1 aromatic heterocycles. The summed E-state index contributed by atoms with van der Waals surface area (Å²) >= 11 is 8.00. The Hall–Kier alpha value is -0.420.